The number of esters is 1. The Kier molecular flexibility index (Phi) is 10.5. The van der Waals surface area contributed by atoms with Crippen LogP contribution >= 0.6 is 0 Å². The molecule has 0 aliphatic heterocycles. The highest BCUT2D eigenvalue weighted by Gasteiger charge is 2.32. The second kappa shape index (κ2) is 14.5. The quantitative estimate of drug-likeness (QED) is 0.0971. The van der Waals surface area contributed by atoms with Crippen LogP contribution in [0, 0.1) is 11.3 Å². The first-order chi connectivity index (χ1) is 20.6. The van der Waals surface area contributed by atoms with E-state index in [9.17, 15) is 9.90 Å². The number of hydrogen-bond donors (Lipinski definition) is 1. The van der Waals surface area contributed by atoms with Crippen molar-refractivity contribution >= 4 is 17.7 Å². The van der Waals surface area contributed by atoms with Gasteiger partial charge in [-0.2, -0.15) is 4.57 Å². The first kappa shape index (κ1) is 31.3. The molecule has 43 heavy (non-hydrogen) atoms. The Morgan fingerprint density at radius 2 is 1.63 bits per heavy atom. The molecule has 0 saturated carbocycles. The molecule has 0 spiro atoms. The van der Waals surface area contributed by atoms with Crippen molar-refractivity contribution in [3.8, 4) is 16.9 Å². The van der Waals surface area contributed by atoms with Crippen LogP contribution in [-0.2, 0) is 22.5 Å². The molecular weight excluding hydrogens is 538 g/mol. The van der Waals surface area contributed by atoms with Gasteiger partial charge in [0.2, 0.25) is 0 Å². The number of aromatic nitrogens is 1. The van der Waals surface area contributed by atoms with Gasteiger partial charge in [-0.25, -0.2) is 0 Å². The van der Waals surface area contributed by atoms with Crippen LogP contribution in [0.1, 0.15) is 52.0 Å². The van der Waals surface area contributed by atoms with E-state index in [1.54, 1.807) is 12.1 Å². The van der Waals surface area contributed by atoms with Gasteiger partial charge in [0.05, 0.1) is 30.5 Å². The van der Waals surface area contributed by atoms with Crippen molar-refractivity contribution in [3.63, 3.8) is 0 Å². The third-order valence-electron chi connectivity index (χ3n) is 6.84. The molecule has 0 aliphatic rings. The number of carbonyl (C=O) groups is 1. The smallest absolute Gasteiger partial charge is 0.316 e. The Labute approximate surface area is 254 Å². The first-order valence-corrected chi connectivity index (χ1v) is 14.7. The Morgan fingerprint density at radius 1 is 0.930 bits per heavy atom. The summed E-state index contributed by atoms with van der Waals surface area (Å²) in [6.07, 6.45) is 4.04. The molecule has 0 amide bonds. The van der Waals surface area contributed by atoms with E-state index in [2.05, 4.69) is 40.6 Å². The van der Waals surface area contributed by atoms with Crippen molar-refractivity contribution in [3.05, 3.63) is 115 Å². The van der Waals surface area contributed by atoms with Crippen LogP contribution in [0.25, 0.3) is 11.1 Å². The fraction of sp³-hybridized carbons (Fsp3) is 0.306. The summed E-state index contributed by atoms with van der Waals surface area (Å²) in [6, 6.07) is 29.3. The van der Waals surface area contributed by atoms with Crippen LogP contribution < -0.4 is 19.7 Å². The number of carbonyl (C=O) groups excluding carboxylic acids is 1. The van der Waals surface area contributed by atoms with Gasteiger partial charge in [-0.05, 0) is 67.8 Å². The number of benzene rings is 3. The summed E-state index contributed by atoms with van der Waals surface area (Å²) in [5.41, 5.74) is 4.49. The minimum absolute atomic E-state index is 0.0591. The van der Waals surface area contributed by atoms with Crippen LogP contribution in [-0.4, -0.2) is 18.6 Å². The molecule has 1 heterocycles. The molecule has 7 heteroatoms. The van der Waals surface area contributed by atoms with Gasteiger partial charge in [0.15, 0.2) is 12.4 Å². The molecule has 0 saturated heterocycles. The van der Waals surface area contributed by atoms with Gasteiger partial charge in [-0.15, -0.1) is 0 Å². The van der Waals surface area contributed by atoms with E-state index < -0.39 is 17.7 Å². The number of rotatable bonds is 11. The summed E-state index contributed by atoms with van der Waals surface area (Å²) < 4.78 is 13.6. The minimum atomic E-state index is -0.599. The fourth-order valence-electron chi connectivity index (χ4n) is 4.50. The zero-order chi connectivity index (χ0) is 30.8. The van der Waals surface area contributed by atoms with Crippen molar-refractivity contribution in [1.29, 1.82) is 0 Å². The summed E-state index contributed by atoms with van der Waals surface area (Å²) >= 11 is 0. The van der Waals surface area contributed by atoms with Gasteiger partial charge >= 0.3 is 12.2 Å². The summed E-state index contributed by atoms with van der Waals surface area (Å²) in [4.78, 5) is 16.7. The minimum Gasteiger partial charge on any atom is -0.846 e. The molecule has 0 fully saturated rings. The first-order valence-electron chi connectivity index (χ1n) is 14.7. The SMILES string of the molecule is CC(C)C(OC(=O)C(C)(C)C)[n+]1cccc(CN=C([O-])Nc2ccc(OCCc3ccccc3-c3ccccc3)cc2)c1. The zero-order valence-electron chi connectivity index (χ0n) is 25.6. The van der Waals surface area contributed by atoms with Crippen LogP contribution in [0.5, 0.6) is 5.75 Å². The monoisotopic (exact) mass is 579 g/mol. The number of nitrogens with one attached hydrogen (secondary N) is 1. The van der Waals surface area contributed by atoms with Crippen LogP contribution in [0.15, 0.2) is 108 Å². The molecule has 4 rings (SSSR count). The zero-order valence-corrected chi connectivity index (χ0v) is 25.6. The summed E-state index contributed by atoms with van der Waals surface area (Å²) in [5, 5.41) is 15.4. The van der Waals surface area contributed by atoms with Gasteiger partial charge in [0.25, 0.3) is 0 Å². The second-order valence-corrected chi connectivity index (χ2v) is 11.8. The predicted molar refractivity (Wildman–Crippen MR) is 168 cm³/mol. The average molecular weight is 580 g/mol. The van der Waals surface area contributed by atoms with E-state index in [0.29, 0.717) is 12.3 Å². The number of anilines is 1. The van der Waals surface area contributed by atoms with Crippen molar-refractivity contribution in [2.45, 2.75) is 53.8 Å². The molecule has 1 unspecified atom stereocenters. The van der Waals surface area contributed by atoms with E-state index in [0.717, 1.165) is 17.7 Å². The van der Waals surface area contributed by atoms with Crippen molar-refractivity contribution in [2.24, 2.45) is 16.3 Å². The lowest BCUT2D eigenvalue weighted by Crippen LogP contribution is -2.46. The average Bonchev–Trinajstić information content (AvgIpc) is 3.00. The van der Waals surface area contributed by atoms with Gasteiger partial charge < -0.3 is 19.9 Å². The maximum absolute atomic E-state index is 12.5. The van der Waals surface area contributed by atoms with E-state index in [4.69, 9.17) is 9.47 Å². The molecule has 0 bridgehead atoms. The van der Waals surface area contributed by atoms with Crippen LogP contribution in [0.2, 0.25) is 0 Å². The lowest BCUT2D eigenvalue weighted by Gasteiger charge is -2.22. The van der Waals surface area contributed by atoms with E-state index >= 15 is 0 Å². The molecule has 0 radical (unpaired) electrons. The van der Waals surface area contributed by atoms with Crippen LogP contribution in [0.3, 0.4) is 0 Å². The lowest BCUT2D eigenvalue weighted by atomic mass is 9.97. The molecule has 3 aromatic carbocycles. The number of hydrogen-bond acceptors (Lipinski definition) is 5. The van der Waals surface area contributed by atoms with Crippen molar-refractivity contribution in [1.82, 2.24) is 0 Å². The van der Waals surface area contributed by atoms with Gasteiger partial charge in [-0.3, -0.25) is 9.79 Å². The molecule has 0 aliphatic carbocycles. The Balaban J connectivity index is 1.30. The highest BCUT2D eigenvalue weighted by atomic mass is 16.6. The standard InChI is InChI=1S/C36H41N3O4/c1-26(2)33(43-34(40)36(3,4)5)39-22-11-12-27(25-39)24-37-35(41)38-30-17-19-31(20-18-30)42-23-21-29-15-9-10-16-32(29)28-13-7-6-8-14-28/h6-20,22,25-26,33H,21,23-24H2,1-5H3,(H-,37,38,41). The Bertz CT molecular complexity index is 1510. The molecule has 4 aromatic rings. The number of pyridine rings is 1. The molecule has 1 N–H and O–H groups in total. The maximum atomic E-state index is 12.5. The van der Waals surface area contributed by atoms with Gasteiger partial charge in [-0.1, -0.05) is 68.4 Å². The number of nitrogens with zero attached hydrogens (tertiary/aromatic N) is 2. The van der Waals surface area contributed by atoms with Gasteiger partial charge in [0.1, 0.15) is 5.75 Å². The summed E-state index contributed by atoms with van der Waals surface area (Å²) in [6.45, 7) is 10.2. The number of amidine groups is 1. The highest BCUT2D eigenvalue weighted by molar-refractivity contribution is 5.85. The topological polar surface area (TPSA) is 86.9 Å². The molecule has 224 valence electrons. The number of aliphatic imine (C=N–C) groups is 1. The Hall–Kier alpha value is -4.65. The van der Waals surface area contributed by atoms with E-state index in [-0.39, 0.29) is 18.4 Å². The number of ether oxygens (including phenoxy) is 2. The summed E-state index contributed by atoms with van der Waals surface area (Å²) in [7, 11) is 0. The largest absolute Gasteiger partial charge is 0.846 e. The van der Waals surface area contributed by atoms with E-state index in [1.165, 1.54) is 16.7 Å². The normalized spacial score (nSPS) is 12.6. The highest BCUT2D eigenvalue weighted by Crippen LogP contribution is 2.25. The fourth-order valence-corrected chi connectivity index (χ4v) is 4.50. The second-order valence-electron chi connectivity index (χ2n) is 11.8. The van der Waals surface area contributed by atoms with Crippen LogP contribution in [0.4, 0.5) is 5.69 Å². The molecule has 7 nitrogen and oxygen atoms in total. The lowest BCUT2D eigenvalue weighted by molar-refractivity contribution is -0.764. The predicted octanol–water partition coefficient (Wildman–Crippen LogP) is 6.33. The maximum Gasteiger partial charge on any atom is 0.316 e. The van der Waals surface area contributed by atoms with Crippen molar-refractivity contribution in [2.75, 3.05) is 11.9 Å². The molecular formula is C36H41N3O4. The molecule has 1 aromatic heterocycles. The Morgan fingerprint density at radius 3 is 2.33 bits per heavy atom. The molecule has 1 atom stereocenters. The van der Waals surface area contributed by atoms with Gasteiger partial charge in [0, 0.05) is 23.7 Å². The van der Waals surface area contributed by atoms with E-state index in [1.807, 2.05) is 100 Å². The third kappa shape index (κ3) is 9.17. The van der Waals surface area contributed by atoms with Crippen molar-refractivity contribution < 1.29 is 23.9 Å². The summed E-state index contributed by atoms with van der Waals surface area (Å²) in [5.74, 6) is 0.523. The third-order valence-corrected chi connectivity index (χ3v) is 6.84.